The fourth-order valence-electron chi connectivity index (χ4n) is 2.70. The van der Waals surface area contributed by atoms with Crippen molar-refractivity contribution in [3.63, 3.8) is 0 Å². The highest BCUT2D eigenvalue weighted by Crippen LogP contribution is 2.47. The standard InChI is InChI=1S/C12H21N3S/c1-4-6-15-10(13)14-8-12(15)9-16-7-5-11(12,2)3/h4H,1,5-9H2,2-3H3,(H2,13,14). The molecule has 1 atom stereocenters. The summed E-state index contributed by atoms with van der Waals surface area (Å²) >= 11 is 2.02. The van der Waals surface area contributed by atoms with E-state index < -0.39 is 0 Å². The Bertz CT molecular complexity index is 324. The van der Waals surface area contributed by atoms with Crippen LogP contribution in [0.2, 0.25) is 0 Å². The van der Waals surface area contributed by atoms with Crippen molar-refractivity contribution in [1.29, 1.82) is 0 Å². The second kappa shape index (κ2) is 3.99. The lowest BCUT2D eigenvalue weighted by atomic mass is 9.70. The molecule has 0 aliphatic carbocycles. The van der Waals surface area contributed by atoms with Gasteiger partial charge in [0, 0.05) is 12.3 Å². The molecule has 0 bridgehead atoms. The summed E-state index contributed by atoms with van der Waals surface area (Å²) in [4.78, 5) is 6.72. The van der Waals surface area contributed by atoms with Gasteiger partial charge in [-0.15, -0.1) is 6.58 Å². The van der Waals surface area contributed by atoms with Gasteiger partial charge in [0.05, 0.1) is 12.1 Å². The first-order valence-electron chi connectivity index (χ1n) is 5.80. The van der Waals surface area contributed by atoms with Crippen LogP contribution in [0.25, 0.3) is 0 Å². The quantitative estimate of drug-likeness (QED) is 0.746. The molecule has 0 aromatic carbocycles. The molecule has 1 spiro atoms. The average Bonchev–Trinajstić information content (AvgIpc) is 2.53. The first-order chi connectivity index (χ1) is 7.53. The Labute approximate surface area is 102 Å². The van der Waals surface area contributed by atoms with Crippen LogP contribution in [-0.4, -0.2) is 41.0 Å². The molecular weight excluding hydrogens is 218 g/mol. The molecule has 0 amide bonds. The van der Waals surface area contributed by atoms with Crippen molar-refractivity contribution in [2.24, 2.45) is 16.1 Å². The summed E-state index contributed by atoms with van der Waals surface area (Å²) in [6.45, 7) is 10.2. The molecule has 1 saturated heterocycles. The van der Waals surface area contributed by atoms with E-state index in [0.29, 0.717) is 5.96 Å². The van der Waals surface area contributed by atoms with Gasteiger partial charge in [0.1, 0.15) is 0 Å². The van der Waals surface area contributed by atoms with Gasteiger partial charge in [-0.25, -0.2) is 0 Å². The third-order valence-corrected chi connectivity index (χ3v) is 5.25. The van der Waals surface area contributed by atoms with Gasteiger partial charge in [-0.2, -0.15) is 11.8 Å². The fourth-order valence-corrected chi connectivity index (χ4v) is 4.47. The van der Waals surface area contributed by atoms with Crippen molar-refractivity contribution in [2.45, 2.75) is 25.8 Å². The fraction of sp³-hybridized carbons (Fsp3) is 0.750. The number of hydrogen-bond donors (Lipinski definition) is 1. The second-order valence-electron chi connectivity index (χ2n) is 5.29. The topological polar surface area (TPSA) is 41.6 Å². The third-order valence-electron chi connectivity index (χ3n) is 4.08. The largest absolute Gasteiger partial charge is 0.370 e. The van der Waals surface area contributed by atoms with Crippen LogP contribution in [0.3, 0.4) is 0 Å². The molecule has 16 heavy (non-hydrogen) atoms. The molecule has 2 heterocycles. The predicted molar refractivity (Wildman–Crippen MR) is 71.8 cm³/mol. The van der Waals surface area contributed by atoms with Gasteiger partial charge in [-0.05, 0) is 17.6 Å². The van der Waals surface area contributed by atoms with Crippen molar-refractivity contribution >= 4 is 17.7 Å². The lowest BCUT2D eigenvalue weighted by Gasteiger charge is -2.52. The Morgan fingerprint density at radius 3 is 3.00 bits per heavy atom. The number of nitrogens with two attached hydrogens (primary N) is 1. The van der Waals surface area contributed by atoms with E-state index in [4.69, 9.17) is 5.73 Å². The molecular formula is C12H21N3S. The molecule has 2 rings (SSSR count). The Kier molecular flexibility index (Phi) is 2.95. The van der Waals surface area contributed by atoms with E-state index in [1.54, 1.807) is 0 Å². The normalized spacial score (nSPS) is 32.9. The van der Waals surface area contributed by atoms with Crippen molar-refractivity contribution < 1.29 is 0 Å². The van der Waals surface area contributed by atoms with Gasteiger partial charge >= 0.3 is 0 Å². The van der Waals surface area contributed by atoms with Crippen molar-refractivity contribution in [2.75, 3.05) is 24.6 Å². The van der Waals surface area contributed by atoms with E-state index in [2.05, 4.69) is 30.3 Å². The summed E-state index contributed by atoms with van der Waals surface area (Å²) in [5, 5.41) is 0. The molecule has 2 aliphatic heterocycles. The summed E-state index contributed by atoms with van der Waals surface area (Å²) in [6, 6.07) is 0. The van der Waals surface area contributed by atoms with Crippen LogP contribution in [0.5, 0.6) is 0 Å². The molecule has 0 aromatic heterocycles. The van der Waals surface area contributed by atoms with Crippen LogP contribution in [0.1, 0.15) is 20.3 Å². The van der Waals surface area contributed by atoms with E-state index in [9.17, 15) is 0 Å². The minimum absolute atomic E-state index is 0.105. The monoisotopic (exact) mass is 239 g/mol. The maximum atomic E-state index is 6.01. The predicted octanol–water partition coefficient (Wildman–Crippen LogP) is 1.70. The highest BCUT2D eigenvalue weighted by molar-refractivity contribution is 7.99. The highest BCUT2D eigenvalue weighted by atomic mass is 32.2. The van der Waals surface area contributed by atoms with Gasteiger partial charge in [0.2, 0.25) is 0 Å². The lowest BCUT2D eigenvalue weighted by Crippen LogP contribution is -2.63. The maximum Gasteiger partial charge on any atom is 0.192 e. The first-order valence-corrected chi connectivity index (χ1v) is 6.95. The Balaban J connectivity index is 2.32. The minimum atomic E-state index is 0.105. The van der Waals surface area contributed by atoms with Gasteiger partial charge in [-0.1, -0.05) is 19.9 Å². The molecule has 2 aliphatic rings. The number of aliphatic imine (C=N–C) groups is 1. The first kappa shape index (κ1) is 11.8. The van der Waals surface area contributed by atoms with Crippen molar-refractivity contribution in [1.82, 2.24) is 4.90 Å². The third kappa shape index (κ3) is 1.54. The Morgan fingerprint density at radius 1 is 1.62 bits per heavy atom. The average molecular weight is 239 g/mol. The van der Waals surface area contributed by atoms with E-state index >= 15 is 0 Å². The van der Waals surface area contributed by atoms with Crippen LogP contribution in [0.15, 0.2) is 17.6 Å². The van der Waals surface area contributed by atoms with Gasteiger partial charge in [0.25, 0.3) is 0 Å². The molecule has 0 radical (unpaired) electrons. The Morgan fingerprint density at radius 2 is 2.38 bits per heavy atom. The maximum absolute atomic E-state index is 6.01. The van der Waals surface area contributed by atoms with Crippen LogP contribution < -0.4 is 5.73 Å². The van der Waals surface area contributed by atoms with Crippen molar-refractivity contribution in [3.8, 4) is 0 Å². The molecule has 1 unspecified atom stereocenters. The van der Waals surface area contributed by atoms with E-state index in [1.165, 1.54) is 12.2 Å². The van der Waals surface area contributed by atoms with Crippen LogP contribution in [-0.2, 0) is 0 Å². The molecule has 2 N–H and O–H groups in total. The van der Waals surface area contributed by atoms with E-state index in [-0.39, 0.29) is 11.0 Å². The summed E-state index contributed by atoms with van der Waals surface area (Å²) in [6.07, 6.45) is 3.15. The number of rotatable bonds is 2. The summed E-state index contributed by atoms with van der Waals surface area (Å²) in [5.41, 5.74) is 6.39. The summed E-state index contributed by atoms with van der Waals surface area (Å²) < 4.78 is 0. The van der Waals surface area contributed by atoms with Crippen LogP contribution >= 0.6 is 11.8 Å². The zero-order chi connectivity index (χ0) is 11.8. The summed E-state index contributed by atoms with van der Waals surface area (Å²) in [7, 11) is 0. The van der Waals surface area contributed by atoms with Crippen LogP contribution in [0, 0.1) is 5.41 Å². The number of hydrogen-bond acceptors (Lipinski definition) is 4. The minimum Gasteiger partial charge on any atom is -0.370 e. The van der Waals surface area contributed by atoms with Gasteiger partial charge in [0.15, 0.2) is 5.96 Å². The molecule has 3 nitrogen and oxygen atoms in total. The van der Waals surface area contributed by atoms with Crippen LogP contribution in [0.4, 0.5) is 0 Å². The lowest BCUT2D eigenvalue weighted by molar-refractivity contribution is 0.0731. The zero-order valence-electron chi connectivity index (χ0n) is 10.2. The number of thioether (sulfide) groups is 1. The molecule has 0 aromatic rings. The van der Waals surface area contributed by atoms with Crippen molar-refractivity contribution in [3.05, 3.63) is 12.7 Å². The zero-order valence-corrected chi connectivity index (χ0v) is 11.0. The van der Waals surface area contributed by atoms with Gasteiger partial charge < -0.3 is 10.6 Å². The van der Waals surface area contributed by atoms with Gasteiger partial charge in [-0.3, -0.25) is 4.99 Å². The van der Waals surface area contributed by atoms with E-state index in [0.717, 1.165) is 18.8 Å². The molecule has 4 heteroatoms. The van der Waals surface area contributed by atoms with E-state index in [1.807, 2.05) is 17.8 Å². The SMILES string of the molecule is C=CCN1C(N)=NCC12CSCCC2(C)C. The second-order valence-corrected chi connectivity index (χ2v) is 6.40. The number of nitrogens with zero attached hydrogens (tertiary/aromatic N) is 2. The molecule has 0 saturated carbocycles. The number of guanidine groups is 1. The molecule has 90 valence electrons. The highest BCUT2D eigenvalue weighted by Gasteiger charge is 2.53. The Hall–Kier alpha value is -0.640. The smallest absolute Gasteiger partial charge is 0.192 e. The molecule has 1 fully saturated rings. The summed E-state index contributed by atoms with van der Waals surface area (Å²) in [5.74, 6) is 3.06.